The first-order valence-corrected chi connectivity index (χ1v) is 6.19. The van der Waals surface area contributed by atoms with Crippen LogP contribution in [0.2, 0.25) is 0 Å². The number of carbonyl (C=O) groups excluding carboxylic acids is 1. The molecule has 18 heavy (non-hydrogen) atoms. The maximum Gasteiger partial charge on any atom is 0.229 e. The molecule has 0 aliphatic heterocycles. The molecule has 3 heteroatoms. The summed E-state index contributed by atoms with van der Waals surface area (Å²) in [5.41, 5.74) is 3.10. The normalized spacial score (nSPS) is 12.1. The molecule has 0 fully saturated rings. The van der Waals surface area contributed by atoms with E-state index in [-0.39, 0.29) is 11.2 Å². The van der Waals surface area contributed by atoms with Gasteiger partial charge in [0.2, 0.25) is 5.24 Å². The summed E-state index contributed by atoms with van der Waals surface area (Å²) in [4.78, 5) is 15.7. The Hall–Kier alpha value is -1.67. The highest BCUT2D eigenvalue weighted by atomic mass is 35.5. The molecule has 0 amide bonds. The lowest BCUT2D eigenvalue weighted by Gasteiger charge is -2.13. The lowest BCUT2D eigenvalue weighted by atomic mass is 9.93. The predicted molar refractivity (Wildman–Crippen MR) is 72.7 cm³/mol. The molecule has 92 valence electrons. The van der Waals surface area contributed by atoms with Gasteiger partial charge in [0.15, 0.2) is 0 Å². The lowest BCUT2D eigenvalue weighted by Crippen LogP contribution is -2.10. The van der Waals surface area contributed by atoms with Gasteiger partial charge in [-0.15, -0.1) is 0 Å². The molecule has 0 saturated carbocycles. The van der Waals surface area contributed by atoms with E-state index in [1.165, 1.54) is 0 Å². The standard InChI is InChI=1S/C15H14ClNO/c1-11-4-2-6-13(8-11)14(15(16)18)9-12-5-3-7-17-10-12/h2-8,10,14H,9H2,1H3. The van der Waals surface area contributed by atoms with Crippen molar-refractivity contribution in [3.05, 3.63) is 65.5 Å². The lowest BCUT2D eigenvalue weighted by molar-refractivity contribution is -0.113. The third kappa shape index (κ3) is 3.17. The van der Waals surface area contributed by atoms with Crippen LogP contribution in [0.4, 0.5) is 0 Å². The highest BCUT2D eigenvalue weighted by Gasteiger charge is 2.19. The zero-order valence-electron chi connectivity index (χ0n) is 10.1. The Morgan fingerprint density at radius 2 is 2.17 bits per heavy atom. The Bertz CT molecular complexity index is 539. The second-order valence-corrected chi connectivity index (χ2v) is 4.71. The maximum atomic E-state index is 11.6. The zero-order valence-corrected chi connectivity index (χ0v) is 10.9. The minimum absolute atomic E-state index is 0.309. The summed E-state index contributed by atoms with van der Waals surface area (Å²) in [6.07, 6.45) is 4.07. The number of pyridine rings is 1. The fraction of sp³-hybridized carbons (Fsp3) is 0.200. The van der Waals surface area contributed by atoms with E-state index in [9.17, 15) is 4.79 Å². The van der Waals surface area contributed by atoms with Crippen molar-refractivity contribution in [2.24, 2.45) is 0 Å². The van der Waals surface area contributed by atoms with E-state index in [1.54, 1.807) is 12.4 Å². The van der Waals surface area contributed by atoms with Crippen LogP contribution in [0.3, 0.4) is 0 Å². The van der Waals surface area contributed by atoms with Crippen molar-refractivity contribution >= 4 is 16.8 Å². The Labute approximate surface area is 112 Å². The summed E-state index contributed by atoms with van der Waals surface area (Å²) in [5, 5.41) is -0.329. The van der Waals surface area contributed by atoms with Crippen LogP contribution in [-0.2, 0) is 11.2 Å². The third-order valence-electron chi connectivity index (χ3n) is 2.88. The molecule has 0 bridgehead atoms. The van der Waals surface area contributed by atoms with Gasteiger partial charge in [-0.25, -0.2) is 0 Å². The number of aromatic nitrogens is 1. The van der Waals surface area contributed by atoms with Crippen LogP contribution in [0.5, 0.6) is 0 Å². The van der Waals surface area contributed by atoms with Gasteiger partial charge in [0.1, 0.15) is 0 Å². The molecule has 0 N–H and O–H groups in total. The second-order valence-electron chi connectivity index (χ2n) is 4.34. The van der Waals surface area contributed by atoms with Crippen LogP contribution in [0.25, 0.3) is 0 Å². The minimum atomic E-state index is -0.329. The molecular formula is C15H14ClNO. The largest absolute Gasteiger partial charge is 0.281 e. The number of aryl methyl sites for hydroxylation is 1. The maximum absolute atomic E-state index is 11.6. The molecule has 1 aromatic heterocycles. The van der Waals surface area contributed by atoms with Crippen LogP contribution < -0.4 is 0 Å². The van der Waals surface area contributed by atoms with Gasteiger partial charge in [-0.3, -0.25) is 9.78 Å². The third-order valence-corrected chi connectivity index (χ3v) is 3.14. The fourth-order valence-corrected chi connectivity index (χ4v) is 2.17. The average Bonchev–Trinajstić information content (AvgIpc) is 2.37. The van der Waals surface area contributed by atoms with E-state index >= 15 is 0 Å². The van der Waals surface area contributed by atoms with Gasteiger partial charge in [-0.05, 0) is 42.1 Å². The SMILES string of the molecule is Cc1cccc(C(Cc2cccnc2)C(=O)Cl)c1. The molecule has 2 rings (SSSR count). The second kappa shape index (κ2) is 5.78. The molecule has 1 heterocycles. The van der Waals surface area contributed by atoms with Crippen molar-refractivity contribution in [1.29, 1.82) is 0 Å². The Morgan fingerprint density at radius 1 is 1.33 bits per heavy atom. The molecule has 0 spiro atoms. The van der Waals surface area contributed by atoms with E-state index in [4.69, 9.17) is 11.6 Å². The molecule has 2 nitrogen and oxygen atoms in total. The number of benzene rings is 1. The summed E-state index contributed by atoms with van der Waals surface area (Å²) < 4.78 is 0. The van der Waals surface area contributed by atoms with Crippen molar-refractivity contribution in [2.45, 2.75) is 19.3 Å². The molecule has 0 radical (unpaired) electrons. The number of rotatable bonds is 4. The number of carbonyl (C=O) groups is 1. The minimum Gasteiger partial charge on any atom is -0.281 e. The van der Waals surface area contributed by atoms with Crippen molar-refractivity contribution in [1.82, 2.24) is 4.98 Å². The van der Waals surface area contributed by atoms with Crippen LogP contribution in [0.1, 0.15) is 22.6 Å². The Balaban J connectivity index is 2.27. The van der Waals surface area contributed by atoms with E-state index in [0.717, 1.165) is 16.7 Å². The first kappa shape index (κ1) is 12.8. The van der Waals surface area contributed by atoms with Gasteiger partial charge in [0.05, 0.1) is 5.92 Å². The van der Waals surface area contributed by atoms with Crippen LogP contribution in [-0.4, -0.2) is 10.2 Å². The van der Waals surface area contributed by atoms with Crippen LogP contribution in [0, 0.1) is 6.92 Å². The summed E-state index contributed by atoms with van der Waals surface area (Å²) in [7, 11) is 0. The molecule has 0 saturated heterocycles. The van der Waals surface area contributed by atoms with E-state index < -0.39 is 0 Å². The fourth-order valence-electron chi connectivity index (χ4n) is 1.97. The van der Waals surface area contributed by atoms with Crippen molar-refractivity contribution in [3.63, 3.8) is 0 Å². The van der Waals surface area contributed by atoms with E-state index in [2.05, 4.69) is 4.98 Å². The monoisotopic (exact) mass is 259 g/mol. The Kier molecular flexibility index (Phi) is 4.11. The number of nitrogens with zero attached hydrogens (tertiary/aromatic N) is 1. The molecule has 2 aromatic rings. The average molecular weight is 260 g/mol. The van der Waals surface area contributed by atoms with Gasteiger partial charge in [0, 0.05) is 12.4 Å². The highest BCUT2D eigenvalue weighted by molar-refractivity contribution is 6.64. The smallest absolute Gasteiger partial charge is 0.229 e. The number of halogens is 1. The molecule has 0 aliphatic carbocycles. The van der Waals surface area contributed by atoms with Crippen molar-refractivity contribution < 1.29 is 4.79 Å². The predicted octanol–water partition coefficient (Wildman–Crippen LogP) is 3.48. The topological polar surface area (TPSA) is 30.0 Å². The molecule has 0 aliphatic rings. The molecule has 1 atom stereocenters. The molecule has 1 unspecified atom stereocenters. The first-order valence-electron chi connectivity index (χ1n) is 5.81. The molecule has 1 aromatic carbocycles. The van der Waals surface area contributed by atoms with Crippen LogP contribution in [0.15, 0.2) is 48.8 Å². The summed E-state index contributed by atoms with van der Waals surface area (Å²) in [5.74, 6) is -0.309. The van der Waals surface area contributed by atoms with Gasteiger partial charge in [-0.2, -0.15) is 0 Å². The number of hydrogen-bond acceptors (Lipinski definition) is 2. The first-order chi connectivity index (χ1) is 8.66. The Morgan fingerprint density at radius 3 is 2.78 bits per heavy atom. The zero-order chi connectivity index (χ0) is 13.0. The summed E-state index contributed by atoms with van der Waals surface area (Å²) in [6, 6.07) is 11.7. The molecular weight excluding hydrogens is 246 g/mol. The van der Waals surface area contributed by atoms with Gasteiger partial charge < -0.3 is 0 Å². The quantitative estimate of drug-likeness (QED) is 0.787. The van der Waals surface area contributed by atoms with Crippen molar-refractivity contribution in [3.8, 4) is 0 Å². The van der Waals surface area contributed by atoms with Gasteiger partial charge >= 0.3 is 0 Å². The van der Waals surface area contributed by atoms with E-state index in [0.29, 0.717) is 6.42 Å². The van der Waals surface area contributed by atoms with Crippen LogP contribution >= 0.6 is 11.6 Å². The highest BCUT2D eigenvalue weighted by Crippen LogP contribution is 2.24. The summed E-state index contributed by atoms with van der Waals surface area (Å²) >= 11 is 5.72. The van der Waals surface area contributed by atoms with Gasteiger partial charge in [-0.1, -0.05) is 35.9 Å². The van der Waals surface area contributed by atoms with Crippen molar-refractivity contribution in [2.75, 3.05) is 0 Å². The van der Waals surface area contributed by atoms with E-state index in [1.807, 2.05) is 43.3 Å². The summed E-state index contributed by atoms with van der Waals surface area (Å²) in [6.45, 7) is 2.00. The number of hydrogen-bond donors (Lipinski definition) is 0. The van der Waals surface area contributed by atoms with Gasteiger partial charge in [0.25, 0.3) is 0 Å².